The van der Waals surface area contributed by atoms with Gasteiger partial charge in [-0.15, -0.1) is 0 Å². The first-order chi connectivity index (χ1) is 5.18. The maximum atomic E-state index is 8.79. The number of hydrogen-bond donors (Lipinski definition) is 1. The molecule has 0 fully saturated rings. The Bertz CT molecular complexity index is 98.1. The molecule has 0 aliphatic heterocycles. The van der Waals surface area contributed by atoms with Gasteiger partial charge in [-0.3, -0.25) is 0 Å². The van der Waals surface area contributed by atoms with Gasteiger partial charge in [0.05, 0.1) is 0 Å². The Balaban J connectivity index is 3.68. The second-order valence-corrected chi connectivity index (χ2v) is 7.54. The van der Waals surface area contributed by atoms with Gasteiger partial charge in [-0.1, -0.05) is 19.8 Å². The highest BCUT2D eigenvalue weighted by Gasteiger charge is 2.25. The Morgan fingerprint density at radius 1 is 1.36 bits per heavy atom. The fourth-order valence-corrected chi connectivity index (χ4v) is 3.35. The first-order valence-corrected chi connectivity index (χ1v) is 7.17. The van der Waals surface area contributed by atoms with Crippen LogP contribution in [0.2, 0.25) is 18.6 Å². The Labute approximate surface area is 70.7 Å². The maximum absolute atomic E-state index is 8.79. The molecule has 0 amide bonds. The van der Waals surface area contributed by atoms with Gasteiger partial charge in [0.2, 0.25) is 0 Å². The maximum Gasteiger partial charge on any atom is 0.191 e. The fourth-order valence-electron chi connectivity index (χ4n) is 1.12. The zero-order valence-corrected chi connectivity index (χ0v) is 8.89. The molecule has 0 aliphatic carbocycles. The van der Waals surface area contributed by atoms with Gasteiger partial charge in [0, 0.05) is 13.7 Å². The summed E-state index contributed by atoms with van der Waals surface area (Å²) in [4.78, 5) is 0. The van der Waals surface area contributed by atoms with Crippen LogP contribution in [0.25, 0.3) is 0 Å². The van der Waals surface area contributed by atoms with Crippen LogP contribution in [0, 0.1) is 0 Å². The number of aliphatic hydroxyl groups excluding tert-OH is 1. The van der Waals surface area contributed by atoms with Crippen molar-refractivity contribution in [1.29, 1.82) is 0 Å². The summed E-state index contributed by atoms with van der Waals surface area (Å²) < 4.78 is 5.46. The van der Waals surface area contributed by atoms with Crippen LogP contribution in [-0.2, 0) is 4.43 Å². The molecule has 0 rings (SSSR count). The van der Waals surface area contributed by atoms with E-state index in [2.05, 4.69) is 13.5 Å². The predicted octanol–water partition coefficient (Wildman–Crippen LogP) is 2.00. The molecule has 0 bridgehead atoms. The summed E-state index contributed by atoms with van der Waals surface area (Å²) in [7, 11) is 0.281. The molecular formula is C8H20O2Si. The van der Waals surface area contributed by atoms with Gasteiger partial charge >= 0.3 is 0 Å². The second-order valence-electron chi connectivity index (χ2n) is 3.23. The van der Waals surface area contributed by atoms with Crippen LogP contribution in [0.15, 0.2) is 0 Å². The van der Waals surface area contributed by atoms with Crippen molar-refractivity contribution >= 4 is 8.32 Å². The van der Waals surface area contributed by atoms with Crippen molar-refractivity contribution < 1.29 is 9.53 Å². The predicted molar refractivity (Wildman–Crippen MR) is 50.2 cm³/mol. The third kappa shape index (κ3) is 4.56. The van der Waals surface area contributed by atoms with Crippen LogP contribution in [0.3, 0.4) is 0 Å². The molecule has 0 radical (unpaired) electrons. The Morgan fingerprint density at radius 2 is 2.00 bits per heavy atom. The minimum Gasteiger partial charge on any atom is -0.420 e. The van der Waals surface area contributed by atoms with Gasteiger partial charge in [-0.25, -0.2) is 0 Å². The Kier molecular flexibility index (Phi) is 5.82. The van der Waals surface area contributed by atoms with Crippen molar-refractivity contribution in [3.63, 3.8) is 0 Å². The summed E-state index contributed by atoms with van der Waals surface area (Å²) in [6.07, 6.45) is 2.45. The molecule has 11 heavy (non-hydrogen) atoms. The molecule has 0 heterocycles. The number of aliphatic hydroxyl groups is 1. The molecule has 0 aromatic carbocycles. The largest absolute Gasteiger partial charge is 0.420 e. The van der Waals surface area contributed by atoms with Crippen molar-refractivity contribution in [3.8, 4) is 0 Å². The summed E-state index contributed by atoms with van der Waals surface area (Å²) in [6, 6.07) is 2.06. The molecule has 0 aliphatic rings. The van der Waals surface area contributed by atoms with Gasteiger partial charge in [0.1, 0.15) is 0 Å². The highest BCUT2D eigenvalue weighted by molar-refractivity contribution is 6.72. The van der Waals surface area contributed by atoms with Gasteiger partial charge in [0.25, 0.3) is 0 Å². The minimum atomic E-state index is -1.49. The molecular weight excluding hydrogens is 156 g/mol. The lowest BCUT2D eigenvalue weighted by Gasteiger charge is -2.23. The molecule has 1 unspecified atom stereocenters. The summed E-state index contributed by atoms with van der Waals surface area (Å²) in [5.41, 5.74) is 0. The molecule has 1 atom stereocenters. The zero-order chi connectivity index (χ0) is 8.74. The smallest absolute Gasteiger partial charge is 0.191 e. The topological polar surface area (TPSA) is 29.5 Å². The highest BCUT2D eigenvalue weighted by Crippen LogP contribution is 2.18. The molecule has 0 saturated heterocycles. The van der Waals surface area contributed by atoms with E-state index in [0.717, 1.165) is 6.04 Å². The molecule has 68 valence electrons. The van der Waals surface area contributed by atoms with Crippen molar-refractivity contribution in [2.24, 2.45) is 0 Å². The third-order valence-corrected chi connectivity index (χ3v) is 5.87. The lowest BCUT2D eigenvalue weighted by Crippen LogP contribution is -2.33. The quantitative estimate of drug-likeness (QED) is 0.627. The zero-order valence-electron chi connectivity index (χ0n) is 7.89. The first-order valence-electron chi connectivity index (χ1n) is 4.34. The van der Waals surface area contributed by atoms with Crippen LogP contribution in [-0.4, -0.2) is 27.1 Å². The van der Waals surface area contributed by atoms with E-state index in [0.29, 0.717) is 0 Å². The van der Waals surface area contributed by atoms with Crippen LogP contribution >= 0.6 is 0 Å². The normalized spacial score (nSPS) is 16.4. The van der Waals surface area contributed by atoms with Crippen molar-refractivity contribution in [1.82, 2.24) is 0 Å². The molecule has 3 heteroatoms. The lowest BCUT2D eigenvalue weighted by molar-refractivity contribution is 0.301. The van der Waals surface area contributed by atoms with E-state index in [1.165, 1.54) is 18.9 Å². The van der Waals surface area contributed by atoms with Crippen LogP contribution in [0.1, 0.15) is 19.8 Å². The summed E-state index contributed by atoms with van der Waals surface area (Å²) >= 11 is 0. The summed E-state index contributed by atoms with van der Waals surface area (Å²) in [5.74, 6) is 0. The van der Waals surface area contributed by atoms with E-state index in [4.69, 9.17) is 9.53 Å². The number of rotatable bonds is 6. The molecule has 1 N–H and O–H groups in total. The molecule has 0 aromatic rings. The second kappa shape index (κ2) is 5.74. The van der Waals surface area contributed by atoms with Crippen molar-refractivity contribution in [3.05, 3.63) is 0 Å². The average molecular weight is 176 g/mol. The minimum absolute atomic E-state index is 0.278. The van der Waals surface area contributed by atoms with E-state index >= 15 is 0 Å². The van der Waals surface area contributed by atoms with Gasteiger partial charge in [0.15, 0.2) is 8.32 Å². The molecule has 0 spiro atoms. The van der Waals surface area contributed by atoms with E-state index in [1.54, 1.807) is 7.11 Å². The van der Waals surface area contributed by atoms with Crippen molar-refractivity contribution in [2.45, 2.75) is 38.4 Å². The van der Waals surface area contributed by atoms with Gasteiger partial charge in [-0.05, 0) is 18.6 Å². The third-order valence-electron chi connectivity index (χ3n) is 2.19. The van der Waals surface area contributed by atoms with E-state index in [1.807, 2.05) is 0 Å². The monoisotopic (exact) mass is 176 g/mol. The summed E-state index contributed by atoms with van der Waals surface area (Å²) in [6.45, 7) is 4.66. The van der Waals surface area contributed by atoms with Crippen molar-refractivity contribution in [2.75, 3.05) is 13.7 Å². The summed E-state index contributed by atoms with van der Waals surface area (Å²) in [5, 5.41) is 8.79. The number of hydrogen-bond acceptors (Lipinski definition) is 2. The van der Waals surface area contributed by atoms with Crippen LogP contribution < -0.4 is 0 Å². The van der Waals surface area contributed by atoms with Crippen LogP contribution in [0.5, 0.6) is 0 Å². The van der Waals surface area contributed by atoms with E-state index in [-0.39, 0.29) is 6.61 Å². The first kappa shape index (κ1) is 11.1. The fraction of sp³-hybridized carbons (Fsp3) is 1.00. The molecule has 0 aromatic heterocycles. The van der Waals surface area contributed by atoms with Gasteiger partial charge in [-0.2, -0.15) is 0 Å². The number of unbranched alkanes of at least 4 members (excludes halogenated alkanes) is 1. The SMILES string of the molecule is CCCC[Si](C)(CCO)OC. The standard InChI is InChI=1S/C8H20O2Si/c1-4-5-7-11(3,10-2)8-6-9/h9H,4-8H2,1-3H3. The Hall–Kier alpha value is 0.137. The van der Waals surface area contributed by atoms with Crippen LogP contribution in [0.4, 0.5) is 0 Å². The van der Waals surface area contributed by atoms with Gasteiger partial charge < -0.3 is 9.53 Å². The highest BCUT2D eigenvalue weighted by atomic mass is 28.4. The Morgan fingerprint density at radius 3 is 2.36 bits per heavy atom. The lowest BCUT2D eigenvalue weighted by atomic mass is 10.4. The molecule has 0 saturated carbocycles. The average Bonchev–Trinajstić information content (AvgIpc) is 2.02. The molecule has 2 nitrogen and oxygen atoms in total. The van der Waals surface area contributed by atoms with E-state index < -0.39 is 8.32 Å². The van der Waals surface area contributed by atoms with E-state index in [9.17, 15) is 0 Å².